The first kappa shape index (κ1) is 15.7. The van der Waals surface area contributed by atoms with Crippen LogP contribution >= 0.6 is 11.8 Å². The monoisotopic (exact) mass is 327 g/mol. The molecule has 0 radical (unpaired) electrons. The summed E-state index contributed by atoms with van der Waals surface area (Å²) in [6.07, 6.45) is 0. The topological polar surface area (TPSA) is 30.7 Å². The number of thioether (sulfide) groups is 1. The van der Waals surface area contributed by atoms with E-state index in [1.165, 1.54) is 23.4 Å². The number of aromatic nitrogens is 3. The number of halogens is 1. The fourth-order valence-electron chi connectivity index (χ4n) is 2.48. The molecule has 0 spiro atoms. The summed E-state index contributed by atoms with van der Waals surface area (Å²) in [5.41, 5.74) is 2.89. The van der Waals surface area contributed by atoms with Crippen LogP contribution in [0.15, 0.2) is 53.7 Å². The molecule has 1 aromatic heterocycles. The zero-order valence-corrected chi connectivity index (χ0v) is 14.1. The van der Waals surface area contributed by atoms with Crippen molar-refractivity contribution in [3.8, 4) is 11.4 Å². The third-order valence-electron chi connectivity index (χ3n) is 3.74. The molecule has 0 saturated heterocycles. The van der Waals surface area contributed by atoms with Crippen molar-refractivity contribution in [2.24, 2.45) is 7.05 Å². The Morgan fingerprint density at radius 1 is 1.09 bits per heavy atom. The van der Waals surface area contributed by atoms with Crippen molar-refractivity contribution in [3.05, 3.63) is 65.5 Å². The Morgan fingerprint density at radius 2 is 1.87 bits per heavy atom. The van der Waals surface area contributed by atoms with Crippen LogP contribution in [-0.4, -0.2) is 14.8 Å². The minimum Gasteiger partial charge on any atom is -0.305 e. The Labute approximate surface area is 139 Å². The van der Waals surface area contributed by atoms with Crippen molar-refractivity contribution >= 4 is 11.8 Å². The van der Waals surface area contributed by atoms with E-state index in [2.05, 4.69) is 29.3 Å². The predicted octanol–water partition coefficient (Wildman–Crippen LogP) is 4.78. The lowest BCUT2D eigenvalue weighted by molar-refractivity contribution is 0.610. The summed E-state index contributed by atoms with van der Waals surface area (Å²) in [5.74, 6) is 0.630. The summed E-state index contributed by atoms with van der Waals surface area (Å²) in [6, 6.07) is 15.0. The highest BCUT2D eigenvalue weighted by molar-refractivity contribution is 7.99. The Kier molecular flexibility index (Phi) is 4.48. The van der Waals surface area contributed by atoms with Crippen LogP contribution in [0.25, 0.3) is 11.4 Å². The molecule has 0 amide bonds. The molecule has 118 valence electrons. The maximum Gasteiger partial charge on any atom is 0.191 e. The summed E-state index contributed by atoms with van der Waals surface area (Å²) in [7, 11) is 1.94. The predicted molar refractivity (Wildman–Crippen MR) is 91.8 cm³/mol. The fourth-order valence-corrected chi connectivity index (χ4v) is 3.45. The largest absolute Gasteiger partial charge is 0.305 e. The van der Waals surface area contributed by atoms with E-state index < -0.39 is 0 Å². The minimum absolute atomic E-state index is 0.0375. The Morgan fingerprint density at radius 3 is 2.61 bits per heavy atom. The first-order chi connectivity index (χ1) is 11.1. The molecule has 1 unspecified atom stereocenters. The van der Waals surface area contributed by atoms with Crippen LogP contribution in [-0.2, 0) is 7.05 Å². The molecule has 23 heavy (non-hydrogen) atoms. The number of aryl methyl sites for hydroxylation is 1. The van der Waals surface area contributed by atoms with Gasteiger partial charge in [-0.15, -0.1) is 10.2 Å². The third-order valence-corrected chi connectivity index (χ3v) is 4.91. The molecule has 5 heteroatoms. The van der Waals surface area contributed by atoms with Gasteiger partial charge in [0.2, 0.25) is 0 Å². The number of rotatable bonds is 4. The lowest BCUT2D eigenvalue weighted by atomic mass is 10.1. The van der Waals surface area contributed by atoms with Gasteiger partial charge in [0.15, 0.2) is 11.0 Å². The van der Waals surface area contributed by atoms with Gasteiger partial charge in [0.05, 0.1) is 0 Å². The van der Waals surface area contributed by atoms with Crippen molar-refractivity contribution in [1.29, 1.82) is 0 Å². The number of nitrogens with zero attached hydrogens (tertiary/aromatic N) is 3. The van der Waals surface area contributed by atoms with E-state index in [0.717, 1.165) is 16.5 Å². The second-order valence-corrected chi connectivity index (χ2v) is 6.82. The average Bonchev–Trinajstić information content (AvgIpc) is 2.88. The van der Waals surface area contributed by atoms with Gasteiger partial charge in [-0.25, -0.2) is 4.39 Å². The van der Waals surface area contributed by atoms with Gasteiger partial charge in [0.25, 0.3) is 0 Å². The van der Waals surface area contributed by atoms with Gasteiger partial charge in [0.1, 0.15) is 5.82 Å². The van der Waals surface area contributed by atoms with Crippen LogP contribution in [0.4, 0.5) is 4.39 Å². The quantitative estimate of drug-likeness (QED) is 0.646. The molecular weight excluding hydrogens is 309 g/mol. The number of hydrogen-bond acceptors (Lipinski definition) is 3. The highest BCUT2D eigenvalue weighted by atomic mass is 32.2. The summed E-state index contributed by atoms with van der Waals surface area (Å²) >= 11 is 1.51. The summed E-state index contributed by atoms with van der Waals surface area (Å²) in [5, 5.41) is 9.30. The van der Waals surface area contributed by atoms with Crippen LogP contribution in [0.1, 0.15) is 23.3 Å². The molecule has 0 aliphatic rings. The smallest absolute Gasteiger partial charge is 0.191 e. The molecule has 3 nitrogen and oxygen atoms in total. The van der Waals surface area contributed by atoms with Crippen LogP contribution in [0, 0.1) is 12.7 Å². The summed E-state index contributed by atoms with van der Waals surface area (Å²) in [4.78, 5) is 0. The molecule has 0 bridgehead atoms. The van der Waals surface area contributed by atoms with Gasteiger partial charge < -0.3 is 4.57 Å². The normalized spacial score (nSPS) is 12.3. The first-order valence-electron chi connectivity index (χ1n) is 7.44. The Balaban J connectivity index is 1.87. The highest BCUT2D eigenvalue weighted by Crippen LogP contribution is 2.35. The second kappa shape index (κ2) is 6.54. The fraction of sp³-hybridized carbons (Fsp3) is 0.222. The van der Waals surface area contributed by atoms with Crippen molar-refractivity contribution in [2.75, 3.05) is 0 Å². The molecule has 1 atom stereocenters. The van der Waals surface area contributed by atoms with Gasteiger partial charge in [-0.2, -0.15) is 0 Å². The van der Waals surface area contributed by atoms with Gasteiger partial charge in [0, 0.05) is 23.4 Å². The summed E-state index contributed by atoms with van der Waals surface area (Å²) in [6.45, 7) is 4.03. The van der Waals surface area contributed by atoms with E-state index in [1.807, 2.05) is 42.8 Å². The van der Waals surface area contributed by atoms with Gasteiger partial charge >= 0.3 is 0 Å². The highest BCUT2D eigenvalue weighted by Gasteiger charge is 2.17. The first-order valence-corrected chi connectivity index (χ1v) is 8.31. The van der Waals surface area contributed by atoms with E-state index in [0.29, 0.717) is 5.56 Å². The maximum absolute atomic E-state index is 13.9. The molecular formula is C18H18FN3S. The molecule has 0 aliphatic heterocycles. The zero-order valence-electron chi connectivity index (χ0n) is 13.3. The van der Waals surface area contributed by atoms with Crippen LogP contribution in [0.5, 0.6) is 0 Å². The van der Waals surface area contributed by atoms with E-state index in [9.17, 15) is 4.39 Å². The van der Waals surface area contributed by atoms with E-state index in [1.54, 1.807) is 6.07 Å². The molecule has 0 aliphatic carbocycles. The minimum atomic E-state index is -0.187. The van der Waals surface area contributed by atoms with Crippen molar-refractivity contribution in [2.45, 2.75) is 24.3 Å². The lowest BCUT2D eigenvalue weighted by Crippen LogP contribution is -1.98. The van der Waals surface area contributed by atoms with Gasteiger partial charge in [-0.3, -0.25) is 0 Å². The summed E-state index contributed by atoms with van der Waals surface area (Å²) < 4.78 is 15.9. The average molecular weight is 327 g/mol. The van der Waals surface area contributed by atoms with E-state index in [-0.39, 0.29) is 11.1 Å². The van der Waals surface area contributed by atoms with Gasteiger partial charge in [-0.05, 0) is 26.0 Å². The second-order valence-electron chi connectivity index (χ2n) is 5.52. The number of hydrogen-bond donors (Lipinski definition) is 0. The SMILES string of the molecule is Cc1cccc(-c2nnc(SC(C)c3ccccc3F)n2C)c1. The molecule has 3 aromatic rings. The van der Waals surface area contributed by atoms with Crippen molar-refractivity contribution < 1.29 is 4.39 Å². The van der Waals surface area contributed by atoms with Crippen LogP contribution < -0.4 is 0 Å². The maximum atomic E-state index is 13.9. The third kappa shape index (κ3) is 3.29. The molecule has 0 N–H and O–H groups in total. The van der Waals surface area contributed by atoms with E-state index >= 15 is 0 Å². The molecule has 3 rings (SSSR count). The van der Waals surface area contributed by atoms with E-state index in [4.69, 9.17) is 0 Å². The molecule has 0 saturated carbocycles. The zero-order chi connectivity index (χ0) is 16.4. The van der Waals surface area contributed by atoms with Crippen molar-refractivity contribution in [1.82, 2.24) is 14.8 Å². The lowest BCUT2D eigenvalue weighted by Gasteiger charge is -2.12. The number of benzene rings is 2. The van der Waals surface area contributed by atoms with Gasteiger partial charge in [-0.1, -0.05) is 53.7 Å². The Hall–Kier alpha value is -2.14. The van der Waals surface area contributed by atoms with Crippen LogP contribution in [0.3, 0.4) is 0 Å². The molecule has 1 heterocycles. The Bertz CT molecular complexity index is 829. The van der Waals surface area contributed by atoms with Crippen LogP contribution in [0.2, 0.25) is 0 Å². The molecule has 2 aromatic carbocycles. The molecule has 0 fully saturated rings. The standard InChI is InChI=1S/C18H18FN3S/c1-12-7-6-8-14(11-12)17-20-21-18(22(17)3)23-13(2)15-9-4-5-10-16(15)19/h4-11,13H,1-3H3. The van der Waals surface area contributed by atoms with Crippen molar-refractivity contribution in [3.63, 3.8) is 0 Å².